The zero-order chi connectivity index (χ0) is 14.1. The van der Waals surface area contributed by atoms with Crippen molar-refractivity contribution in [2.24, 2.45) is 11.1 Å². The van der Waals surface area contributed by atoms with E-state index in [2.05, 4.69) is 25.7 Å². The van der Waals surface area contributed by atoms with E-state index in [0.29, 0.717) is 0 Å². The number of hydrogen-bond donors (Lipinski definition) is 1. The van der Waals surface area contributed by atoms with Gasteiger partial charge in [0, 0.05) is 13.1 Å². The van der Waals surface area contributed by atoms with Gasteiger partial charge in [0.2, 0.25) is 0 Å². The van der Waals surface area contributed by atoms with Crippen molar-refractivity contribution in [3.05, 3.63) is 30.3 Å². The third-order valence-corrected chi connectivity index (χ3v) is 3.28. The molecule has 1 rings (SSSR count). The molecular formula is C16H28N2O. The summed E-state index contributed by atoms with van der Waals surface area (Å²) in [6.07, 6.45) is 1.05. The van der Waals surface area contributed by atoms with Crippen molar-refractivity contribution in [2.75, 3.05) is 32.8 Å². The smallest absolute Gasteiger partial charge is 0.119 e. The molecule has 0 aromatic heterocycles. The summed E-state index contributed by atoms with van der Waals surface area (Å²) in [5.74, 6) is 0.952. The van der Waals surface area contributed by atoms with Crippen LogP contribution >= 0.6 is 0 Å². The molecule has 0 aliphatic heterocycles. The summed E-state index contributed by atoms with van der Waals surface area (Å²) in [5, 5.41) is 0. The first kappa shape index (κ1) is 16.0. The lowest BCUT2D eigenvalue weighted by molar-refractivity contribution is 0.176. The Hall–Kier alpha value is -1.06. The number of para-hydroxylation sites is 1. The van der Waals surface area contributed by atoms with Gasteiger partial charge in [-0.05, 0) is 37.1 Å². The molecule has 3 heteroatoms. The van der Waals surface area contributed by atoms with E-state index in [0.717, 1.165) is 45.0 Å². The van der Waals surface area contributed by atoms with Crippen LogP contribution in [0.3, 0.4) is 0 Å². The van der Waals surface area contributed by atoms with Crippen LogP contribution in [0.15, 0.2) is 30.3 Å². The molecule has 0 fully saturated rings. The highest BCUT2D eigenvalue weighted by Gasteiger charge is 2.18. The molecule has 1 aromatic rings. The molecule has 0 atom stereocenters. The number of nitrogens with zero attached hydrogens (tertiary/aromatic N) is 1. The standard InChI is InChI=1S/C16H28N2O/c1-4-18(14-16(2,3)13-17)11-8-12-19-15-9-6-5-7-10-15/h5-7,9-10H,4,8,11-14,17H2,1-3H3. The van der Waals surface area contributed by atoms with Crippen LogP contribution in [0.5, 0.6) is 5.75 Å². The summed E-state index contributed by atoms with van der Waals surface area (Å²) >= 11 is 0. The molecule has 0 saturated carbocycles. The van der Waals surface area contributed by atoms with Gasteiger partial charge in [-0.3, -0.25) is 0 Å². The van der Waals surface area contributed by atoms with Crippen LogP contribution in [-0.2, 0) is 0 Å². The van der Waals surface area contributed by atoms with E-state index in [-0.39, 0.29) is 5.41 Å². The highest BCUT2D eigenvalue weighted by molar-refractivity contribution is 5.20. The van der Waals surface area contributed by atoms with E-state index >= 15 is 0 Å². The van der Waals surface area contributed by atoms with Crippen LogP contribution in [0.1, 0.15) is 27.2 Å². The number of ether oxygens (including phenoxy) is 1. The molecule has 0 radical (unpaired) electrons. The maximum absolute atomic E-state index is 5.79. The fourth-order valence-corrected chi connectivity index (χ4v) is 2.01. The Kier molecular flexibility index (Phi) is 6.89. The Balaban J connectivity index is 2.23. The molecule has 2 N–H and O–H groups in total. The van der Waals surface area contributed by atoms with Gasteiger partial charge in [-0.2, -0.15) is 0 Å². The van der Waals surface area contributed by atoms with Gasteiger partial charge in [-0.1, -0.05) is 39.0 Å². The topological polar surface area (TPSA) is 38.5 Å². The summed E-state index contributed by atoms with van der Waals surface area (Å²) < 4.78 is 5.71. The molecule has 19 heavy (non-hydrogen) atoms. The fourth-order valence-electron chi connectivity index (χ4n) is 2.01. The first-order valence-corrected chi connectivity index (χ1v) is 7.17. The average molecular weight is 264 g/mol. The van der Waals surface area contributed by atoms with Crippen molar-refractivity contribution < 1.29 is 4.74 Å². The van der Waals surface area contributed by atoms with Gasteiger partial charge in [0.15, 0.2) is 0 Å². The number of rotatable bonds is 9. The van der Waals surface area contributed by atoms with Crippen LogP contribution in [0.2, 0.25) is 0 Å². The Labute approximate surface area is 117 Å². The van der Waals surface area contributed by atoms with Crippen LogP contribution in [-0.4, -0.2) is 37.7 Å². The van der Waals surface area contributed by atoms with E-state index in [4.69, 9.17) is 10.5 Å². The molecule has 0 heterocycles. The monoisotopic (exact) mass is 264 g/mol. The predicted octanol–water partition coefficient (Wildman–Crippen LogP) is 2.76. The predicted molar refractivity (Wildman–Crippen MR) is 81.5 cm³/mol. The summed E-state index contributed by atoms with van der Waals surface area (Å²) in [5.41, 5.74) is 5.98. The van der Waals surface area contributed by atoms with Gasteiger partial charge in [0.1, 0.15) is 5.75 Å². The SMILES string of the molecule is CCN(CCCOc1ccccc1)CC(C)(C)CN. The Morgan fingerprint density at radius 2 is 1.89 bits per heavy atom. The minimum Gasteiger partial charge on any atom is -0.494 e. The Bertz CT molecular complexity index is 338. The second kappa shape index (κ2) is 8.18. The van der Waals surface area contributed by atoms with E-state index in [1.54, 1.807) is 0 Å². The summed E-state index contributed by atoms with van der Waals surface area (Å²) in [6, 6.07) is 9.99. The maximum atomic E-state index is 5.79. The lowest BCUT2D eigenvalue weighted by atomic mass is 9.93. The fraction of sp³-hybridized carbons (Fsp3) is 0.625. The second-order valence-electron chi connectivity index (χ2n) is 5.75. The number of nitrogens with two attached hydrogens (primary N) is 1. The second-order valence-corrected chi connectivity index (χ2v) is 5.75. The molecule has 0 amide bonds. The zero-order valence-electron chi connectivity index (χ0n) is 12.6. The van der Waals surface area contributed by atoms with Crippen molar-refractivity contribution in [1.29, 1.82) is 0 Å². The van der Waals surface area contributed by atoms with E-state index in [1.165, 1.54) is 0 Å². The van der Waals surface area contributed by atoms with Gasteiger partial charge in [-0.25, -0.2) is 0 Å². The molecule has 1 aromatic carbocycles. The number of benzene rings is 1. The van der Waals surface area contributed by atoms with Gasteiger partial charge in [-0.15, -0.1) is 0 Å². The van der Waals surface area contributed by atoms with Crippen LogP contribution < -0.4 is 10.5 Å². The van der Waals surface area contributed by atoms with Crippen molar-refractivity contribution >= 4 is 0 Å². The van der Waals surface area contributed by atoms with Crippen molar-refractivity contribution in [1.82, 2.24) is 4.90 Å². The molecule has 0 unspecified atom stereocenters. The summed E-state index contributed by atoms with van der Waals surface area (Å²) in [7, 11) is 0. The molecule has 0 aliphatic rings. The van der Waals surface area contributed by atoms with Crippen molar-refractivity contribution in [3.8, 4) is 5.75 Å². The molecular weight excluding hydrogens is 236 g/mol. The maximum Gasteiger partial charge on any atom is 0.119 e. The minimum absolute atomic E-state index is 0.191. The largest absolute Gasteiger partial charge is 0.494 e. The number of hydrogen-bond acceptors (Lipinski definition) is 3. The lowest BCUT2D eigenvalue weighted by Crippen LogP contribution is -2.39. The summed E-state index contributed by atoms with van der Waals surface area (Å²) in [6.45, 7) is 11.3. The lowest BCUT2D eigenvalue weighted by Gasteiger charge is -2.31. The highest BCUT2D eigenvalue weighted by atomic mass is 16.5. The quantitative estimate of drug-likeness (QED) is 0.697. The van der Waals surface area contributed by atoms with Gasteiger partial charge in [0.25, 0.3) is 0 Å². The van der Waals surface area contributed by atoms with Crippen molar-refractivity contribution in [2.45, 2.75) is 27.2 Å². The van der Waals surface area contributed by atoms with Crippen LogP contribution in [0.4, 0.5) is 0 Å². The zero-order valence-corrected chi connectivity index (χ0v) is 12.6. The van der Waals surface area contributed by atoms with Crippen molar-refractivity contribution in [3.63, 3.8) is 0 Å². The van der Waals surface area contributed by atoms with E-state index in [1.807, 2.05) is 30.3 Å². The average Bonchev–Trinajstić information content (AvgIpc) is 2.43. The molecule has 0 bridgehead atoms. The minimum atomic E-state index is 0.191. The first-order valence-electron chi connectivity index (χ1n) is 7.17. The Morgan fingerprint density at radius 3 is 2.47 bits per heavy atom. The normalized spacial score (nSPS) is 11.8. The molecule has 0 saturated heterocycles. The molecule has 3 nitrogen and oxygen atoms in total. The molecule has 0 aliphatic carbocycles. The third kappa shape index (κ3) is 6.60. The van der Waals surface area contributed by atoms with Crippen LogP contribution in [0, 0.1) is 5.41 Å². The molecule has 0 spiro atoms. The summed E-state index contributed by atoms with van der Waals surface area (Å²) in [4.78, 5) is 2.45. The van der Waals surface area contributed by atoms with E-state index in [9.17, 15) is 0 Å². The van der Waals surface area contributed by atoms with Gasteiger partial charge in [0.05, 0.1) is 6.61 Å². The highest BCUT2D eigenvalue weighted by Crippen LogP contribution is 2.15. The van der Waals surface area contributed by atoms with E-state index < -0.39 is 0 Å². The third-order valence-electron chi connectivity index (χ3n) is 3.28. The molecule has 108 valence electrons. The first-order chi connectivity index (χ1) is 9.07. The van der Waals surface area contributed by atoms with Gasteiger partial charge >= 0.3 is 0 Å². The van der Waals surface area contributed by atoms with Gasteiger partial charge < -0.3 is 15.4 Å². The van der Waals surface area contributed by atoms with Crippen LogP contribution in [0.25, 0.3) is 0 Å². The Morgan fingerprint density at radius 1 is 1.21 bits per heavy atom.